The molecule has 0 spiro atoms. The Morgan fingerprint density at radius 1 is 0.941 bits per heavy atom. The largest absolute Gasteiger partial charge is 0.306 e. The summed E-state index contributed by atoms with van der Waals surface area (Å²) in [4.78, 5) is 2.46. The van der Waals surface area contributed by atoms with E-state index in [0.717, 1.165) is 5.33 Å². The average molecular weight is 298 g/mol. The van der Waals surface area contributed by atoms with Gasteiger partial charge in [0.05, 0.1) is 0 Å². The molecule has 0 heterocycles. The van der Waals surface area contributed by atoms with Crippen LogP contribution in [0.2, 0.25) is 0 Å². The van der Waals surface area contributed by atoms with E-state index >= 15 is 0 Å². The van der Waals surface area contributed by atoms with E-state index in [0.29, 0.717) is 0 Å². The zero-order valence-corrected chi connectivity index (χ0v) is 12.5. The van der Waals surface area contributed by atoms with Crippen LogP contribution < -0.4 is 0 Å². The summed E-state index contributed by atoms with van der Waals surface area (Å²) in [5.41, 5.74) is 1.46. The molecule has 17 heavy (non-hydrogen) atoms. The number of benzene rings is 1. The van der Waals surface area contributed by atoms with E-state index in [2.05, 4.69) is 58.2 Å². The topological polar surface area (TPSA) is 3.24 Å². The van der Waals surface area contributed by atoms with Crippen LogP contribution in [-0.2, 0) is 6.42 Å². The molecule has 0 radical (unpaired) electrons. The van der Waals surface area contributed by atoms with Crippen LogP contribution >= 0.6 is 15.9 Å². The fraction of sp³-hybridized carbons (Fsp3) is 0.600. The van der Waals surface area contributed by atoms with Gasteiger partial charge < -0.3 is 4.90 Å². The van der Waals surface area contributed by atoms with Gasteiger partial charge in [-0.05, 0) is 51.4 Å². The van der Waals surface area contributed by atoms with Gasteiger partial charge in [-0.1, -0.05) is 52.7 Å². The molecule has 0 aliphatic heterocycles. The molecule has 2 heteroatoms. The lowest BCUT2D eigenvalue weighted by Gasteiger charge is -2.16. The van der Waals surface area contributed by atoms with E-state index in [4.69, 9.17) is 0 Å². The third kappa shape index (κ3) is 7.56. The van der Waals surface area contributed by atoms with Crippen molar-refractivity contribution in [2.75, 3.05) is 25.5 Å². The van der Waals surface area contributed by atoms with Crippen molar-refractivity contribution in [3.05, 3.63) is 35.9 Å². The van der Waals surface area contributed by atoms with Gasteiger partial charge in [-0.2, -0.15) is 0 Å². The van der Waals surface area contributed by atoms with Gasteiger partial charge in [0.1, 0.15) is 0 Å². The molecule has 0 aliphatic rings. The smallest absolute Gasteiger partial charge is 0.00313 e. The second kappa shape index (κ2) is 9.67. The zero-order chi connectivity index (χ0) is 12.3. The fourth-order valence-corrected chi connectivity index (χ4v) is 2.36. The minimum atomic E-state index is 1.14. The first kappa shape index (κ1) is 14.7. The van der Waals surface area contributed by atoms with E-state index in [-0.39, 0.29) is 0 Å². The molecule has 1 aromatic carbocycles. The summed E-state index contributed by atoms with van der Waals surface area (Å²) in [6.07, 6.45) is 6.44. The number of alkyl halides is 1. The van der Waals surface area contributed by atoms with Crippen LogP contribution in [0.25, 0.3) is 0 Å². The Morgan fingerprint density at radius 2 is 1.65 bits per heavy atom. The molecule has 0 saturated carbocycles. The minimum absolute atomic E-state index is 1.14. The monoisotopic (exact) mass is 297 g/mol. The van der Waals surface area contributed by atoms with Crippen molar-refractivity contribution < 1.29 is 0 Å². The maximum atomic E-state index is 3.47. The van der Waals surface area contributed by atoms with E-state index in [1.807, 2.05) is 0 Å². The summed E-state index contributed by atoms with van der Waals surface area (Å²) in [7, 11) is 2.24. The lowest BCUT2D eigenvalue weighted by Crippen LogP contribution is -2.21. The Labute approximate surface area is 114 Å². The molecule has 0 atom stereocenters. The first-order valence-corrected chi connectivity index (χ1v) is 7.73. The second-order valence-corrected chi connectivity index (χ2v) is 5.44. The van der Waals surface area contributed by atoms with E-state index in [9.17, 15) is 0 Å². The molecular weight excluding hydrogens is 274 g/mol. The van der Waals surface area contributed by atoms with Crippen molar-refractivity contribution in [1.82, 2.24) is 4.90 Å². The molecule has 1 rings (SSSR count). The van der Waals surface area contributed by atoms with Crippen molar-refractivity contribution in [2.45, 2.75) is 32.1 Å². The highest BCUT2D eigenvalue weighted by Crippen LogP contribution is 2.04. The Kier molecular flexibility index (Phi) is 8.37. The molecular formula is C15H24BrN. The molecule has 96 valence electrons. The van der Waals surface area contributed by atoms with Crippen molar-refractivity contribution in [3.8, 4) is 0 Å². The maximum absolute atomic E-state index is 3.47. The van der Waals surface area contributed by atoms with Gasteiger partial charge in [0.15, 0.2) is 0 Å². The van der Waals surface area contributed by atoms with Gasteiger partial charge in [0.25, 0.3) is 0 Å². The lowest BCUT2D eigenvalue weighted by molar-refractivity contribution is 0.321. The van der Waals surface area contributed by atoms with Gasteiger partial charge in [0, 0.05) is 5.33 Å². The molecule has 1 aromatic rings. The number of nitrogens with zero attached hydrogens (tertiary/aromatic N) is 1. The Balaban J connectivity index is 2.02. The SMILES string of the molecule is CN(CCCCCBr)CCCc1ccccc1. The van der Waals surface area contributed by atoms with Crippen molar-refractivity contribution in [2.24, 2.45) is 0 Å². The maximum Gasteiger partial charge on any atom is 0.00313 e. The molecule has 0 aliphatic carbocycles. The summed E-state index contributed by atoms with van der Waals surface area (Å²) >= 11 is 3.47. The van der Waals surface area contributed by atoms with Gasteiger partial charge in [0.2, 0.25) is 0 Å². The minimum Gasteiger partial charge on any atom is -0.306 e. The molecule has 0 amide bonds. The predicted octanol–water partition coefficient (Wildman–Crippen LogP) is 4.12. The summed E-state index contributed by atoms with van der Waals surface area (Å²) < 4.78 is 0. The van der Waals surface area contributed by atoms with Gasteiger partial charge in [-0.15, -0.1) is 0 Å². The highest BCUT2D eigenvalue weighted by atomic mass is 79.9. The van der Waals surface area contributed by atoms with E-state index in [1.165, 1.54) is 50.8 Å². The quantitative estimate of drug-likeness (QED) is 0.490. The number of hydrogen-bond acceptors (Lipinski definition) is 1. The van der Waals surface area contributed by atoms with Crippen LogP contribution in [-0.4, -0.2) is 30.4 Å². The van der Waals surface area contributed by atoms with Crippen LogP contribution in [0, 0.1) is 0 Å². The second-order valence-electron chi connectivity index (χ2n) is 4.64. The number of hydrogen-bond donors (Lipinski definition) is 0. The Bertz CT molecular complexity index is 274. The first-order valence-electron chi connectivity index (χ1n) is 6.61. The normalized spacial score (nSPS) is 11.0. The predicted molar refractivity (Wildman–Crippen MR) is 79.9 cm³/mol. The molecule has 0 unspecified atom stereocenters. The first-order chi connectivity index (χ1) is 8.33. The van der Waals surface area contributed by atoms with Gasteiger partial charge in [-0.25, -0.2) is 0 Å². The Hall–Kier alpha value is -0.340. The number of aryl methyl sites for hydroxylation is 1. The number of unbranched alkanes of at least 4 members (excludes halogenated alkanes) is 2. The summed E-state index contributed by atoms with van der Waals surface area (Å²) in [6, 6.07) is 10.8. The van der Waals surface area contributed by atoms with Crippen LogP contribution in [0.1, 0.15) is 31.2 Å². The third-order valence-corrected chi connectivity index (χ3v) is 3.58. The number of halogens is 1. The van der Waals surface area contributed by atoms with Crippen molar-refractivity contribution in [3.63, 3.8) is 0 Å². The van der Waals surface area contributed by atoms with E-state index < -0.39 is 0 Å². The van der Waals surface area contributed by atoms with Crippen LogP contribution in [0.15, 0.2) is 30.3 Å². The fourth-order valence-electron chi connectivity index (χ4n) is 1.96. The number of rotatable bonds is 9. The summed E-state index contributed by atoms with van der Waals surface area (Å²) in [6.45, 7) is 2.45. The zero-order valence-electron chi connectivity index (χ0n) is 10.9. The Morgan fingerprint density at radius 3 is 2.35 bits per heavy atom. The standard InChI is InChI=1S/C15H24BrN/c1-17(13-7-3-6-12-16)14-8-11-15-9-4-2-5-10-15/h2,4-5,9-10H,3,6-8,11-14H2,1H3. The molecule has 0 aromatic heterocycles. The molecule has 0 saturated heterocycles. The third-order valence-electron chi connectivity index (χ3n) is 3.02. The highest BCUT2D eigenvalue weighted by Gasteiger charge is 1.98. The average Bonchev–Trinajstić information content (AvgIpc) is 2.36. The van der Waals surface area contributed by atoms with E-state index in [1.54, 1.807) is 0 Å². The van der Waals surface area contributed by atoms with Crippen LogP contribution in [0.3, 0.4) is 0 Å². The van der Waals surface area contributed by atoms with Gasteiger partial charge in [-0.3, -0.25) is 0 Å². The summed E-state index contributed by atoms with van der Waals surface area (Å²) in [5, 5.41) is 1.14. The molecule has 0 bridgehead atoms. The van der Waals surface area contributed by atoms with Crippen molar-refractivity contribution in [1.29, 1.82) is 0 Å². The highest BCUT2D eigenvalue weighted by molar-refractivity contribution is 9.09. The molecule has 0 fully saturated rings. The lowest BCUT2D eigenvalue weighted by atomic mass is 10.1. The molecule has 1 nitrogen and oxygen atoms in total. The van der Waals surface area contributed by atoms with Crippen LogP contribution in [0.5, 0.6) is 0 Å². The molecule has 0 N–H and O–H groups in total. The van der Waals surface area contributed by atoms with Crippen molar-refractivity contribution >= 4 is 15.9 Å². The van der Waals surface area contributed by atoms with Gasteiger partial charge >= 0.3 is 0 Å². The summed E-state index contributed by atoms with van der Waals surface area (Å²) in [5.74, 6) is 0. The van der Waals surface area contributed by atoms with Crippen LogP contribution in [0.4, 0.5) is 0 Å².